The molecule has 0 fully saturated rings. The van der Waals surface area contributed by atoms with Crippen LogP contribution in [0, 0.1) is 3.57 Å². The van der Waals surface area contributed by atoms with Crippen LogP contribution >= 0.6 is 22.6 Å². The second-order valence-electron chi connectivity index (χ2n) is 4.76. The number of aryl methyl sites for hydroxylation is 1. The predicted octanol–water partition coefficient (Wildman–Crippen LogP) is 4.52. The quantitative estimate of drug-likeness (QED) is 0.531. The fraction of sp³-hybridized carbons (Fsp3) is 0.467. The monoisotopic (exact) mass is 369 g/mol. The molecule has 0 N–H and O–H groups in total. The van der Waals surface area contributed by atoms with Crippen molar-refractivity contribution in [3.05, 3.63) is 34.2 Å². The summed E-state index contributed by atoms with van der Waals surface area (Å²) in [4.78, 5) is 4.39. The van der Waals surface area contributed by atoms with E-state index in [0.717, 1.165) is 17.9 Å². The molecule has 0 bridgehead atoms. The summed E-state index contributed by atoms with van der Waals surface area (Å²) in [5, 5.41) is 4.54. The molecular weight excluding hydrogens is 349 g/mol. The van der Waals surface area contributed by atoms with Crippen LogP contribution in [0.3, 0.4) is 0 Å². The predicted molar refractivity (Wildman–Crippen MR) is 86.9 cm³/mol. The van der Waals surface area contributed by atoms with E-state index in [-0.39, 0.29) is 0 Å². The van der Waals surface area contributed by atoms with E-state index in [9.17, 15) is 0 Å². The lowest BCUT2D eigenvalue weighted by Crippen LogP contribution is -1.98. The summed E-state index contributed by atoms with van der Waals surface area (Å²) < 4.78 is 3.17. The SMILES string of the molecule is CCCCCCCn1cnc(-c2cccc(I)c2)n1. The molecule has 3 nitrogen and oxygen atoms in total. The lowest BCUT2D eigenvalue weighted by molar-refractivity contribution is 0.533. The van der Waals surface area contributed by atoms with Gasteiger partial charge in [-0.2, -0.15) is 5.10 Å². The maximum atomic E-state index is 4.54. The van der Waals surface area contributed by atoms with E-state index in [0.29, 0.717) is 0 Å². The highest BCUT2D eigenvalue weighted by molar-refractivity contribution is 14.1. The third kappa shape index (κ3) is 4.60. The van der Waals surface area contributed by atoms with Crippen molar-refractivity contribution >= 4 is 22.6 Å². The van der Waals surface area contributed by atoms with Gasteiger partial charge in [0.25, 0.3) is 0 Å². The number of nitrogens with zero attached hydrogens (tertiary/aromatic N) is 3. The summed E-state index contributed by atoms with van der Waals surface area (Å²) >= 11 is 2.31. The zero-order chi connectivity index (χ0) is 13.5. The molecule has 0 saturated carbocycles. The van der Waals surface area contributed by atoms with Crippen LogP contribution in [0.2, 0.25) is 0 Å². The number of unbranched alkanes of at least 4 members (excludes halogenated alkanes) is 4. The van der Waals surface area contributed by atoms with Gasteiger partial charge >= 0.3 is 0 Å². The summed E-state index contributed by atoms with van der Waals surface area (Å²) in [5.74, 6) is 0.826. The van der Waals surface area contributed by atoms with Gasteiger partial charge in [-0.1, -0.05) is 44.7 Å². The number of aromatic nitrogens is 3. The van der Waals surface area contributed by atoms with Gasteiger partial charge in [-0.3, -0.25) is 4.68 Å². The Balaban J connectivity index is 1.88. The zero-order valence-electron chi connectivity index (χ0n) is 11.3. The second kappa shape index (κ2) is 7.62. The summed E-state index contributed by atoms with van der Waals surface area (Å²) in [6.45, 7) is 3.21. The van der Waals surface area contributed by atoms with Gasteiger partial charge in [-0.15, -0.1) is 0 Å². The number of benzene rings is 1. The molecule has 102 valence electrons. The molecule has 0 radical (unpaired) electrons. The fourth-order valence-electron chi connectivity index (χ4n) is 2.04. The maximum absolute atomic E-state index is 4.54. The van der Waals surface area contributed by atoms with Crippen LogP contribution in [0.5, 0.6) is 0 Å². The van der Waals surface area contributed by atoms with E-state index < -0.39 is 0 Å². The Morgan fingerprint density at radius 1 is 1.16 bits per heavy atom. The third-order valence-corrected chi connectivity index (χ3v) is 3.78. The van der Waals surface area contributed by atoms with Crippen molar-refractivity contribution in [3.8, 4) is 11.4 Å². The maximum Gasteiger partial charge on any atom is 0.181 e. The van der Waals surface area contributed by atoms with Crippen LogP contribution in [0.4, 0.5) is 0 Å². The molecule has 0 aliphatic rings. The molecule has 0 saturated heterocycles. The molecule has 0 aliphatic heterocycles. The van der Waals surface area contributed by atoms with E-state index in [1.807, 2.05) is 17.1 Å². The summed E-state index contributed by atoms with van der Waals surface area (Å²) in [6.07, 6.45) is 8.27. The van der Waals surface area contributed by atoms with Gasteiger partial charge in [0.1, 0.15) is 6.33 Å². The molecule has 0 atom stereocenters. The standard InChI is InChI=1S/C15H20IN3/c1-2-3-4-5-6-10-19-12-17-15(18-19)13-8-7-9-14(16)11-13/h7-9,11-12H,2-6,10H2,1H3. The summed E-state index contributed by atoms with van der Waals surface area (Å²) in [6, 6.07) is 8.29. The van der Waals surface area contributed by atoms with Crippen molar-refractivity contribution < 1.29 is 0 Å². The first kappa shape index (κ1) is 14.5. The van der Waals surface area contributed by atoms with Crippen molar-refractivity contribution in [1.82, 2.24) is 14.8 Å². The van der Waals surface area contributed by atoms with Crippen molar-refractivity contribution in [2.75, 3.05) is 0 Å². The molecule has 1 aromatic heterocycles. The molecule has 0 amide bonds. The van der Waals surface area contributed by atoms with E-state index >= 15 is 0 Å². The Bertz CT molecular complexity index is 508. The van der Waals surface area contributed by atoms with E-state index in [1.165, 1.54) is 35.7 Å². The van der Waals surface area contributed by atoms with Crippen LogP contribution in [-0.4, -0.2) is 14.8 Å². The highest BCUT2D eigenvalue weighted by Crippen LogP contribution is 2.17. The Morgan fingerprint density at radius 3 is 2.79 bits per heavy atom. The Hall–Kier alpha value is -0.910. The summed E-state index contributed by atoms with van der Waals surface area (Å²) in [5.41, 5.74) is 1.09. The zero-order valence-corrected chi connectivity index (χ0v) is 13.5. The first-order valence-electron chi connectivity index (χ1n) is 6.95. The van der Waals surface area contributed by atoms with Crippen molar-refractivity contribution in [2.24, 2.45) is 0 Å². The van der Waals surface area contributed by atoms with Gasteiger partial charge < -0.3 is 0 Å². The molecule has 4 heteroatoms. The molecule has 2 aromatic rings. The minimum absolute atomic E-state index is 0.826. The number of hydrogen-bond donors (Lipinski definition) is 0. The van der Waals surface area contributed by atoms with Crippen LogP contribution in [-0.2, 0) is 6.54 Å². The highest BCUT2D eigenvalue weighted by Gasteiger charge is 2.04. The number of hydrogen-bond acceptors (Lipinski definition) is 2. The Morgan fingerprint density at radius 2 is 2.00 bits per heavy atom. The normalized spacial score (nSPS) is 10.8. The van der Waals surface area contributed by atoms with Gasteiger partial charge in [0, 0.05) is 15.7 Å². The first-order chi connectivity index (χ1) is 9.29. The third-order valence-electron chi connectivity index (χ3n) is 3.11. The van der Waals surface area contributed by atoms with Crippen LogP contribution in [0.15, 0.2) is 30.6 Å². The molecule has 1 heterocycles. The number of rotatable bonds is 7. The van der Waals surface area contributed by atoms with Gasteiger partial charge in [0.15, 0.2) is 5.82 Å². The van der Waals surface area contributed by atoms with Gasteiger partial charge in [0.2, 0.25) is 0 Å². The molecule has 0 aliphatic carbocycles. The van der Waals surface area contributed by atoms with Crippen molar-refractivity contribution in [2.45, 2.75) is 45.6 Å². The first-order valence-corrected chi connectivity index (χ1v) is 8.03. The second-order valence-corrected chi connectivity index (χ2v) is 6.00. The Kier molecular flexibility index (Phi) is 5.82. The van der Waals surface area contributed by atoms with Gasteiger partial charge in [-0.25, -0.2) is 4.98 Å². The van der Waals surface area contributed by atoms with E-state index in [2.05, 4.69) is 57.8 Å². The largest absolute Gasteiger partial charge is 0.252 e. The molecule has 1 aromatic carbocycles. The Labute approximate surface area is 128 Å². The van der Waals surface area contributed by atoms with E-state index in [4.69, 9.17) is 0 Å². The minimum Gasteiger partial charge on any atom is -0.252 e. The molecule has 0 unspecified atom stereocenters. The topological polar surface area (TPSA) is 30.7 Å². The van der Waals surface area contributed by atoms with Gasteiger partial charge in [0.05, 0.1) is 0 Å². The van der Waals surface area contributed by atoms with Gasteiger partial charge in [-0.05, 0) is 41.1 Å². The summed E-state index contributed by atoms with van der Waals surface area (Å²) in [7, 11) is 0. The highest BCUT2D eigenvalue weighted by atomic mass is 127. The number of halogens is 1. The van der Waals surface area contributed by atoms with Crippen LogP contribution in [0.25, 0.3) is 11.4 Å². The fourth-order valence-corrected chi connectivity index (χ4v) is 2.58. The average Bonchev–Trinajstić information content (AvgIpc) is 2.87. The molecule has 0 spiro atoms. The lowest BCUT2D eigenvalue weighted by Gasteiger charge is -2.00. The molecule has 19 heavy (non-hydrogen) atoms. The minimum atomic E-state index is 0.826. The van der Waals surface area contributed by atoms with Crippen molar-refractivity contribution in [1.29, 1.82) is 0 Å². The molecule has 2 rings (SSSR count). The average molecular weight is 369 g/mol. The molecular formula is C15H20IN3. The van der Waals surface area contributed by atoms with E-state index in [1.54, 1.807) is 0 Å². The van der Waals surface area contributed by atoms with Crippen molar-refractivity contribution in [3.63, 3.8) is 0 Å². The van der Waals surface area contributed by atoms with Crippen LogP contribution < -0.4 is 0 Å². The van der Waals surface area contributed by atoms with Crippen LogP contribution in [0.1, 0.15) is 39.0 Å². The lowest BCUT2D eigenvalue weighted by atomic mass is 10.1. The smallest absolute Gasteiger partial charge is 0.181 e.